The summed E-state index contributed by atoms with van der Waals surface area (Å²) in [6.45, 7) is 2.42. The lowest BCUT2D eigenvalue weighted by atomic mass is 9.95. The minimum Gasteiger partial charge on any atom is -0.492 e. The van der Waals surface area contributed by atoms with Crippen LogP contribution in [0.1, 0.15) is 64.8 Å². The number of fused-ring (bicyclic) bond motifs is 3. The second-order valence-electron chi connectivity index (χ2n) is 13.7. The highest BCUT2D eigenvalue weighted by atomic mass is 32.2. The lowest BCUT2D eigenvalue weighted by Crippen LogP contribution is -2.60. The van der Waals surface area contributed by atoms with Gasteiger partial charge in [0.25, 0.3) is 0 Å². The molecule has 1 aliphatic heterocycles. The summed E-state index contributed by atoms with van der Waals surface area (Å²) < 4.78 is 23.0. The quantitative estimate of drug-likeness (QED) is 0.0936. The number of aliphatic hydroxyl groups is 4. The Hall–Kier alpha value is -5.29. The van der Waals surface area contributed by atoms with Gasteiger partial charge in [0.1, 0.15) is 24.4 Å². The molecule has 308 valence electrons. The number of carbonyl (C=O) groups is 3. The number of carbonyl (C=O) groups excluding carboxylic acids is 2. The van der Waals surface area contributed by atoms with Crippen LogP contribution in [0.2, 0.25) is 0 Å². The van der Waals surface area contributed by atoms with Crippen molar-refractivity contribution in [3.63, 3.8) is 0 Å². The summed E-state index contributed by atoms with van der Waals surface area (Å²) in [6.07, 6.45) is -4.64. The summed E-state index contributed by atoms with van der Waals surface area (Å²) in [5.41, 5.74) is 4.29. The molecule has 4 aromatic rings. The lowest BCUT2D eigenvalue weighted by molar-refractivity contribution is -0.277. The molecule has 2 aliphatic rings. The average Bonchev–Trinajstić information content (AvgIpc) is 3.47. The second kappa shape index (κ2) is 19.4. The molecule has 1 heterocycles. The Bertz CT molecular complexity index is 2180. The molecule has 6 N–H and O–H groups in total. The molecule has 4 aromatic carbocycles. The molecule has 6 rings (SSSR count). The first-order valence-corrected chi connectivity index (χ1v) is 19.6. The van der Waals surface area contributed by atoms with Crippen molar-refractivity contribution in [3.8, 4) is 28.4 Å². The molecule has 1 saturated heterocycles. The smallest absolute Gasteiger partial charge is 0.310 e. The molecule has 0 aromatic heterocycles. The molecule has 1 unspecified atom stereocenters. The third kappa shape index (κ3) is 9.52. The monoisotopic (exact) mass is 817 g/mol. The molecule has 58 heavy (non-hydrogen) atoms. The van der Waals surface area contributed by atoms with Crippen LogP contribution in [0, 0.1) is 0 Å². The van der Waals surface area contributed by atoms with Crippen molar-refractivity contribution in [2.75, 3.05) is 27.1 Å². The van der Waals surface area contributed by atoms with Gasteiger partial charge in [0.05, 0.1) is 37.7 Å². The van der Waals surface area contributed by atoms with Gasteiger partial charge in [-0.05, 0) is 72.5 Å². The number of methoxy groups -OCH3 is 2. The first kappa shape index (κ1) is 43.8. The maximum atomic E-state index is 13.0. The predicted molar refractivity (Wildman–Crippen MR) is 215 cm³/mol. The molecule has 0 bridgehead atoms. The molecule has 0 spiro atoms. The van der Waals surface area contributed by atoms with E-state index < -0.39 is 55.2 Å². The van der Waals surface area contributed by atoms with Crippen molar-refractivity contribution < 1.29 is 58.9 Å². The fourth-order valence-electron chi connectivity index (χ4n) is 6.94. The number of amides is 1. The molecular formula is C43H47NO13S. The molecule has 15 heteroatoms. The minimum atomic E-state index is -1.62. The van der Waals surface area contributed by atoms with Gasteiger partial charge < -0.3 is 49.8 Å². The molecule has 1 fully saturated rings. The first-order chi connectivity index (χ1) is 27.7. The van der Waals surface area contributed by atoms with Crippen LogP contribution in [-0.2, 0) is 20.7 Å². The number of carboxylic acid groups (broad SMARTS) is 1. The van der Waals surface area contributed by atoms with Gasteiger partial charge in [0, 0.05) is 23.6 Å². The number of carboxylic acids is 1. The van der Waals surface area contributed by atoms with E-state index >= 15 is 0 Å². The van der Waals surface area contributed by atoms with Gasteiger partial charge in [-0.1, -0.05) is 54.6 Å². The molecule has 7 atom stereocenters. The number of benzene rings is 3. The van der Waals surface area contributed by atoms with Gasteiger partial charge >= 0.3 is 5.97 Å². The predicted octanol–water partition coefficient (Wildman–Crippen LogP) is 3.86. The molecular weight excluding hydrogens is 771 g/mol. The topological polar surface area (TPSA) is 218 Å². The number of aliphatic carboxylic acids is 1. The van der Waals surface area contributed by atoms with Gasteiger partial charge in [-0.3, -0.25) is 19.2 Å². The average molecular weight is 818 g/mol. The van der Waals surface area contributed by atoms with E-state index in [1.165, 1.54) is 32.9 Å². The normalized spacial score (nSPS) is 21.4. The van der Waals surface area contributed by atoms with Crippen LogP contribution < -0.4 is 25.0 Å². The number of hydrogen-bond acceptors (Lipinski definition) is 13. The Morgan fingerprint density at radius 1 is 0.897 bits per heavy atom. The third-order valence-electron chi connectivity index (χ3n) is 10.0. The Balaban J connectivity index is 0.000000281. The van der Waals surface area contributed by atoms with E-state index in [1.807, 2.05) is 18.4 Å². The van der Waals surface area contributed by atoms with Gasteiger partial charge in [-0.25, -0.2) is 0 Å². The van der Waals surface area contributed by atoms with Crippen LogP contribution in [-0.4, -0.2) is 101 Å². The van der Waals surface area contributed by atoms with Crippen molar-refractivity contribution in [1.29, 1.82) is 0 Å². The van der Waals surface area contributed by atoms with Crippen molar-refractivity contribution >= 4 is 29.4 Å². The van der Waals surface area contributed by atoms with Crippen molar-refractivity contribution in [3.05, 3.63) is 117 Å². The largest absolute Gasteiger partial charge is 0.492 e. The number of thioether (sulfide) groups is 1. The van der Waals surface area contributed by atoms with Crippen LogP contribution in [0.25, 0.3) is 11.1 Å². The molecule has 1 amide bonds. The van der Waals surface area contributed by atoms with Crippen molar-refractivity contribution in [1.82, 2.24) is 5.32 Å². The number of hydrogen-bond donors (Lipinski definition) is 6. The van der Waals surface area contributed by atoms with E-state index in [0.717, 1.165) is 5.56 Å². The van der Waals surface area contributed by atoms with E-state index in [2.05, 4.69) is 5.32 Å². The zero-order valence-electron chi connectivity index (χ0n) is 32.6. The molecule has 0 radical (unpaired) electrons. The summed E-state index contributed by atoms with van der Waals surface area (Å²) >= 11 is 1.32. The second-order valence-corrected chi connectivity index (χ2v) is 14.6. The number of rotatable bonds is 11. The van der Waals surface area contributed by atoms with Crippen LogP contribution in [0.15, 0.2) is 88.6 Å². The number of ether oxygens (including phenoxy) is 4. The Morgan fingerprint density at radius 3 is 2.21 bits per heavy atom. The highest BCUT2D eigenvalue weighted by molar-refractivity contribution is 7.98. The van der Waals surface area contributed by atoms with Crippen LogP contribution in [0.5, 0.6) is 17.2 Å². The van der Waals surface area contributed by atoms with E-state index in [0.29, 0.717) is 56.9 Å². The number of aryl methyl sites for hydroxylation is 1. The zero-order chi connectivity index (χ0) is 42.3. The fourth-order valence-corrected chi connectivity index (χ4v) is 7.40. The minimum absolute atomic E-state index is 0.0972. The number of ketones is 1. The SMILES string of the molecule is CC(C(=O)O)c1cccc(C(=O)c2ccccc2)c1.COc1c(O[C@@H]2O[C@H](CO)[C@@H](O)[C@H](O)[C@H]2O)cc2c(c1OC)-c1ccc(SC)c(=O)cc1[C@@H](NC(C)=O)CC2. The molecule has 1 aliphatic carbocycles. The van der Waals surface area contributed by atoms with Gasteiger partial charge in [-0.15, -0.1) is 11.8 Å². The first-order valence-electron chi connectivity index (χ1n) is 18.4. The highest BCUT2D eigenvalue weighted by Crippen LogP contribution is 2.51. The van der Waals surface area contributed by atoms with E-state index in [-0.39, 0.29) is 28.6 Å². The van der Waals surface area contributed by atoms with Crippen LogP contribution in [0.3, 0.4) is 0 Å². The highest BCUT2D eigenvalue weighted by Gasteiger charge is 2.45. The maximum Gasteiger partial charge on any atom is 0.310 e. The third-order valence-corrected chi connectivity index (χ3v) is 10.8. The van der Waals surface area contributed by atoms with E-state index in [4.69, 9.17) is 24.1 Å². The standard InChI is InChI=1S/C27H33NO10S.C16H14O3/c1-12(30)28-16-7-5-13-9-18(37-27-24(34)23(33)22(32)19(11-29)38-27)25(35-2)26(36-3)21(13)14-6-8-20(39-4)17(31)10-15(14)16;1-11(16(18)19)13-8-5-9-14(10-13)15(17)12-6-3-2-4-7-12/h6,8-10,16,19,22-24,27,29,32-34H,5,7,11H2,1-4H3,(H,28,30);2-11H,1H3,(H,18,19)/t16-,19+,22+,23-,24+,27+;/m0./s1. The van der Waals surface area contributed by atoms with Gasteiger partial charge in [0.15, 0.2) is 22.7 Å². The van der Waals surface area contributed by atoms with Gasteiger partial charge in [-0.2, -0.15) is 0 Å². The Kier molecular flexibility index (Phi) is 14.7. The number of nitrogens with one attached hydrogen (secondary N) is 1. The van der Waals surface area contributed by atoms with E-state index in [1.54, 1.807) is 73.7 Å². The number of aliphatic hydroxyl groups excluding tert-OH is 4. The van der Waals surface area contributed by atoms with Crippen molar-refractivity contribution in [2.24, 2.45) is 0 Å². The Labute approximate surface area is 339 Å². The zero-order valence-corrected chi connectivity index (χ0v) is 33.4. The van der Waals surface area contributed by atoms with Crippen LogP contribution in [0.4, 0.5) is 0 Å². The summed E-state index contributed by atoms with van der Waals surface area (Å²) in [6, 6.07) is 22.1. The van der Waals surface area contributed by atoms with Crippen LogP contribution >= 0.6 is 11.8 Å². The van der Waals surface area contributed by atoms with E-state index in [9.17, 15) is 39.6 Å². The summed E-state index contributed by atoms with van der Waals surface area (Å²) in [5, 5.41) is 52.4. The summed E-state index contributed by atoms with van der Waals surface area (Å²) in [4.78, 5) is 48.8. The Morgan fingerprint density at radius 2 is 1.59 bits per heavy atom. The summed E-state index contributed by atoms with van der Waals surface area (Å²) in [5.74, 6) is -1.27. The molecule has 14 nitrogen and oxygen atoms in total. The lowest BCUT2D eigenvalue weighted by Gasteiger charge is -2.39. The molecule has 0 saturated carbocycles. The summed E-state index contributed by atoms with van der Waals surface area (Å²) in [7, 11) is 2.87. The fraction of sp³-hybridized carbons (Fsp3) is 0.349. The maximum absolute atomic E-state index is 13.0. The van der Waals surface area contributed by atoms with Gasteiger partial charge in [0.2, 0.25) is 17.9 Å². The van der Waals surface area contributed by atoms with Crippen molar-refractivity contribution in [2.45, 2.75) is 74.3 Å².